The number of benzene rings is 1. The van der Waals surface area contributed by atoms with E-state index in [9.17, 15) is 9.59 Å². The molecule has 2 N–H and O–H groups in total. The van der Waals surface area contributed by atoms with Crippen LogP contribution >= 0.6 is 23.1 Å². The van der Waals surface area contributed by atoms with Crippen LogP contribution in [0.5, 0.6) is 0 Å². The predicted octanol–water partition coefficient (Wildman–Crippen LogP) is 4.35. The number of thioether (sulfide) groups is 1. The molecule has 1 aromatic heterocycles. The molecule has 1 aromatic carbocycles. The Morgan fingerprint density at radius 2 is 1.89 bits per heavy atom. The number of carbonyl (C=O) groups excluding carboxylic acids is 2. The van der Waals surface area contributed by atoms with E-state index >= 15 is 0 Å². The number of nitrogens with zero attached hydrogens (tertiary/aromatic N) is 1. The number of thiazole rings is 1. The molecule has 2 amide bonds. The molecule has 0 radical (unpaired) electrons. The van der Waals surface area contributed by atoms with Gasteiger partial charge in [0.1, 0.15) is 0 Å². The quantitative estimate of drug-likeness (QED) is 0.641. The summed E-state index contributed by atoms with van der Waals surface area (Å²) in [4.78, 5) is 27.4. The molecular formula is C20H27N3O2S2. The molecule has 2 aromatic rings. The van der Waals surface area contributed by atoms with Gasteiger partial charge >= 0.3 is 0 Å². The fraction of sp³-hybridized carbons (Fsp3) is 0.450. The van der Waals surface area contributed by atoms with Crippen molar-refractivity contribution in [3.63, 3.8) is 0 Å². The molecule has 27 heavy (non-hydrogen) atoms. The van der Waals surface area contributed by atoms with Crippen molar-refractivity contribution in [3.8, 4) is 11.3 Å². The second-order valence-electron chi connectivity index (χ2n) is 7.27. The van der Waals surface area contributed by atoms with E-state index in [-0.39, 0.29) is 16.6 Å². The molecule has 0 fully saturated rings. The van der Waals surface area contributed by atoms with E-state index < -0.39 is 0 Å². The zero-order valence-electron chi connectivity index (χ0n) is 16.3. The maximum Gasteiger partial charge on any atom is 0.236 e. The minimum atomic E-state index is -0.0228. The van der Waals surface area contributed by atoms with Gasteiger partial charge in [-0.3, -0.25) is 9.59 Å². The first-order valence-electron chi connectivity index (χ1n) is 8.96. The van der Waals surface area contributed by atoms with Gasteiger partial charge in [0.05, 0.1) is 11.4 Å². The second-order valence-corrected chi connectivity index (χ2v) is 9.93. The van der Waals surface area contributed by atoms with Crippen LogP contribution in [0.2, 0.25) is 0 Å². The third-order valence-electron chi connectivity index (χ3n) is 3.65. The van der Waals surface area contributed by atoms with E-state index in [0.717, 1.165) is 24.1 Å². The number of aryl methyl sites for hydroxylation is 1. The van der Waals surface area contributed by atoms with Crippen LogP contribution in [0, 0.1) is 0 Å². The van der Waals surface area contributed by atoms with E-state index in [2.05, 4.69) is 48.5 Å². The Labute approximate surface area is 169 Å². The van der Waals surface area contributed by atoms with Gasteiger partial charge in [0.15, 0.2) is 5.13 Å². The number of rotatable bonds is 8. The first-order chi connectivity index (χ1) is 12.7. The number of amides is 2. The lowest BCUT2D eigenvalue weighted by Crippen LogP contribution is -2.21. The normalized spacial score (nSPS) is 11.3. The maximum absolute atomic E-state index is 12.0. The third-order valence-corrected chi connectivity index (χ3v) is 5.68. The summed E-state index contributed by atoms with van der Waals surface area (Å²) in [5, 5.41) is 8.26. The molecule has 0 atom stereocenters. The van der Waals surface area contributed by atoms with E-state index in [1.165, 1.54) is 23.8 Å². The summed E-state index contributed by atoms with van der Waals surface area (Å²) in [7, 11) is 0. The lowest BCUT2D eigenvalue weighted by Gasteiger charge is -2.16. The van der Waals surface area contributed by atoms with E-state index in [0.29, 0.717) is 17.4 Å². The first-order valence-corrected chi connectivity index (χ1v) is 10.8. The SMILES string of the molecule is CC(=O)NCCCc1ccc(-c2csc(NC(=O)CSC(C)(C)C)n2)cc1. The largest absolute Gasteiger partial charge is 0.356 e. The Kier molecular flexibility index (Phi) is 7.86. The van der Waals surface area contributed by atoms with Crippen LogP contribution in [-0.2, 0) is 16.0 Å². The molecule has 0 aliphatic rings. The van der Waals surface area contributed by atoms with Crippen LogP contribution in [0.25, 0.3) is 11.3 Å². The zero-order chi connectivity index (χ0) is 19.9. The van der Waals surface area contributed by atoms with Gasteiger partial charge < -0.3 is 10.6 Å². The maximum atomic E-state index is 12.0. The molecule has 0 saturated carbocycles. The van der Waals surface area contributed by atoms with Crippen LogP contribution in [0.3, 0.4) is 0 Å². The lowest BCUT2D eigenvalue weighted by atomic mass is 10.1. The molecule has 2 rings (SSSR count). The average molecular weight is 406 g/mol. The van der Waals surface area contributed by atoms with Crippen molar-refractivity contribution in [1.29, 1.82) is 0 Å². The molecule has 0 unspecified atom stereocenters. The Balaban J connectivity index is 1.86. The Bertz CT molecular complexity index is 764. The molecule has 7 heteroatoms. The molecule has 0 spiro atoms. The number of hydrogen-bond donors (Lipinski definition) is 2. The highest BCUT2D eigenvalue weighted by Gasteiger charge is 2.14. The monoisotopic (exact) mass is 405 g/mol. The van der Waals surface area contributed by atoms with Gasteiger partial charge in [0.2, 0.25) is 11.8 Å². The smallest absolute Gasteiger partial charge is 0.236 e. The van der Waals surface area contributed by atoms with Gasteiger partial charge in [-0.25, -0.2) is 4.98 Å². The molecule has 146 valence electrons. The minimum absolute atomic E-state index is 0.00813. The fourth-order valence-electron chi connectivity index (χ4n) is 2.30. The molecule has 0 aliphatic carbocycles. The van der Waals surface area contributed by atoms with E-state index in [1.807, 2.05) is 17.5 Å². The number of nitrogens with one attached hydrogen (secondary N) is 2. The average Bonchev–Trinajstić information content (AvgIpc) is 3.05. The summed E-state index contributed by atoms with van der Waals surface area (Å²) in [6, 6.07) is 8.26. The van der Waals surface area contributed by atoms with E-state index in [1.54, 1.807) is 11.8 Å². The van der Waals surface area contributed by atoms with Crippen LogP contribution in [0.4, 0.5) is 5.13 Å². The highest BCUT2D eigenvalue weighted by molar-refractivity contribution is 8.01. The topological polar surface area (TPSA) is 71.1 Å². The van der Waals surface area contributed by atoms with Crippen molar-refractivity contribution < 1.29 is 9.59 Å². The van der Waals surface area contributed by atoms with Crippen LogP contribution < -0.4 is 10.6 Å². The van der Waals surface area contributed by atoms with Crippen molar-refractivity contribution in [2.75, 3.05) is 17.6 Å². The number of hydrogen-bond acceptors (Lipinski definition) is 5. The second kappa shape index (κ2) is 9.90. The molecule has 0 saturated heterocycles. The summed E-state index contributed by atoms with van der Waals surface area (Å²) < 4.78 is 0.0647. The van der Waals surface area contributed by atoms with Gasteiger partial charge in [0.25, 0.3) is 0 Å². The Hall–Kier alpha value is -1.86. The van der Waals surface area contributed by atoms with Gasteiger partial charge in [0, 0.05) is 29.2 Å². The lowest BCUT2D eigenvalue weighted by molar-refractivity contribution is -0.119. The predicted molar refractivity (Wildman–Crippen MR) is 115 cm³/mol. The molecule has 0 aliphatic heterocycles. The van der Waals surface area contributed by atoms with Gasteiger partial charge in [-0.2, -0.15) is 0 Å². The molecule has 5 nitrogen and oxygen atoms in total. The van der Waals surface area contributed by atoms with Crippen LogP contribution in [0.1, 0.15) is 39.7 Å². The summed E-state index contributed by atoms with van der Waals surface area (Å²) in [5.41, 5.74) is 3.12. The minimum Gasteiger partial charge on any atom is -0.356 e. The molecule has 1 heterocycles. The molecule has 0 bridgehead atoms. The van der Waals surface area contributed by atoms with Crippen molar-refractivity contribution in [1.82, 2.24) is 10.3 Å². The summed E-state index contributed by atoms with van der Waals surface area (Å²) >= 11 is 3.05. The first kappa shape index (κ1) is 21.4. The van der Waals surface area contributed by atoms with Crippen LogP contribution in [0.15, 0.2) is 29.6 Å². The number of carbonyl (C=O) groups is 2. The number of anilines is 1. The fourth-order valence-corrected chi connectivity index (χ4v) is 3.67. The highest BCUT2D eigenvalue weighted by Crippen LogP contribution is 2.26. The van der Waals surface area contributed by atoms with Crippen molar-refractivity contribution in [2.24, 2.45) is 0 Å². The third kappa shape index (κ3) is 8.13. The van der Waals surface area contributed by atoms with Gasteiger partial charge in [-0.1, -0.05) is 45.0 Å². The Morgan fingerprint density at radius 1 is 1.19 bits per heavy atom. The zero-order valence-corrected chi connectivity index (χ0v) is 17.9. The van der Waals surface area contributed by atoms with Crippen molar-refractivity contribution >= 4 is 40.0 Å². The summed E-state index contributed by atoms with van der Waals surface area (Å²) in [5.74, 6) is 0.408. The van der Waals surface area contributed by atoms with Crippen molar-refractivity contribution in [3.05, 3.63) is 35.2 Å². The molecular weight excluding hydrogens is 378 g/mol. The van der Waals surface area contributed by atoms with Gasteiger partial charge in [-0.15, -0.1) is 23.1 Å². The Morgan fingerprint density at radius 3 is 2.52 bits per heavy atom. The van der Waals surface area contributed by atoms with Crippen molar-refractivity contribution in [2.45, 2.75) is 45.3 Å². The van der Waals surface area contributed by atoms with Gasteiger partial charge in [-0.05, 0) is 18.4 Å². The van der Waals surface area contributed by atoms with E-state index in [4.69, 9.17) is 0 Å². The number of aromatic nitrogens is 1. The summed E-state index contributed by atoms with van der Waals surface area (Å²) in [6.45, 7) is 8.50. The van der Waals surface area contributed by atoms with Crippen LogP contribution in [-0.4, -0.2) is 33.8 Å². The summed E-state index contributed by atoms with van der Waals surface area (Å²) in [6.07, 6.45) is 1.84. The highest BCUT2D eigenvalue weighted by atomic mass is 32.2. The standard InChI is InChI=1S/C20H27N3O2S2/c1-14(24)21-11-5-6-15-7-9-16(10-8-15)17-12-26-19(22-17)23-18(25)13-27-20(2,3)4/h7-10,12H,5-6,11,13H2,1-4H3,(H,21,24)(H,22,23,25).